The Kier molecular flexibility index (Phi) is 7.50. The topological polar surface area (TPSA) is 84.3 Å². The van der Waals surface area contributed by atoms with Crippen LogP contribution in [0.1, 0.15) is 42.0 Å². The number of aromatic nitrogens is 2. The van der Waals surface area contributed by atoms with Gasteiger partial charge in [0.15, 0.2) is 5.69 Å². The molecule has 2 rings (SSSR count). The molecule has 0 saturated carbocycles. The van der Waals surface area contributed by atoms with Crippen molar-refractivity contribution < 1.29 is 14.6 Å². The molecule has 6 nitrogen and oxygen atoms in total. The van der Waals surface area contributed by atoms with Gasteiger partial charge in [0.2, 0.25) is 0 Å². The predicted molar refractivity (Wildman–Crippen MR) is 95.2 cm³/mol. The summed E-state index contributed by atoms with van der Waals surface area (Å²) >= 11 is 0. The second kappa shape index (κ2) is 9.86. The van der Waals surface area contributed by atoms with E-state index in [9.17, 15) is 4.79 Å². The lowest BCUT2D eigenvalue weighted by molar-refractivity contribution is 0.0690. The van der Waals surface area contributed by atoms with Gasteiger partial charge in [-0.05, 0) is 24.0 Å². The summed E-state index contributed by atoms with van der Waals surface area (Å²) in [5.74, 6) is -0.522. The molecule has 134 valence electrons. The van der Waals surface area contributed by atoms with E-state index in [1.807, 2.05) is 30.3 Å². The van der Waals surface area contributed by atoms with Crippen LogP contribution in [0.5, 0.6) is 0 Å². The summed E-state index contributed by atoms with van der Waals surface area (Å²) in [7, 11) is 0. The van der Waals surface area contributed by atoms with Crippen molar-refractivity contribution >= 4 is 5.97 Å². The number of benzene rings is 1. The largest absolute Gasteiger partial charge is 0.477 e. The fourth-order valence-electron chi connectivity index (χ4n) is 2.53. The number of carboxylic acids is 1. The molecule has 0 amide bonds. The van der Waals surface area contributed by atoms with Gasteiger partial charge in [0, 0.05) is 12.6 Å². The van der Waals surface area contributed by atoms with Crippen LogP contribution in [-0.4, -0.2) is 33.7 Å². The Balaban J connectivity index is 1.86. The van der Waals surface area contributed by atoms with Crippen molar-refractivity contribution in [2.24, 2.45) is 5.92 Å². The van der Waals surface area contributed by atoms with Crippen molar-refractivity contribution in [3.63, 3.8) is 0 Å². The Morgan fingerprint density at radius 1 is 1.24 bits per heavy atom. The lowest BCUT2D eigenvalue weighted by atomic mass is 10.0. The molecule has 0 radical (unpaired) electrons. The molecule has 2 aromatic rings. The molecule has 0 spiro atoms. The highest BCUT2D eigenvalue weighted by Gasteiger charge is 2.12. The summed E-state index contributed by atoms with van der Waals surface area (Å²) in [6.45, 7) is 5.98. The van der Waals surface area contributed by atoms with Crippen molar-refractivity contribution in [1.29, 1.82) is 0 Å². The molecule has 2 N–H and O–H groups in total. The minimum atomic E-state index is -1.05. The van der Waals surface area contributed by atoms with Gasteiger partial charge in [-0.1, -0.05) is 44.2 Å². The number of carboxylic acid groups (broad SMARTS) is 1. The van der Waals surface area contributed by atoms with Crippen LogP contribution in [0.25, 0.3) is 0 Å². The van der Waals surface area contributed by atoms with Gasteiger partial charge in [-0.15, -0.1) is 0 Å². The maximum absolute atomic E-state index is 11.0. The normalized spacial score (nSPS) is 12.3. The summed E-state index contributed by atoms with van der Waals surface area (Å²) in [6, 6.07) is 11.7. The maximum atomic E-state index is 11.0. The van der Waals surface area contributed by atoms with E-state index in [4.69, 9.17) is 9.84 Å². The summed E-state index contributed by atoms with van der Waals surface area (Å²) in [5.41, 5.74) is 1.81. The summed E-state index contributed by atoms with van der Waals surface area (Å²) in [6.07, 6.45) is 2.25. The van der Waals surface area contributed by atoms with Gasteiger partial charge >= 0.3 is 5.97 Å². The Bertz CT molecular complexity index is 662. The highest BCUT2D eigenvalue weighted by Crippen LogP contribution is 2.08. The zero-order valence-corrected chi connectivity index (χ0v) is 14.7. The number of hydrogen-bond donors (Lipinski definition) is 2. The van der Waals surface area contributed by atoms with E-state index in [1.165, 1.54) is 12.4 Å². The standard InChI is InChI=1S/C19H25N3O3/c1-14(2)8-17(12-25-11-15-6-4-3-5-7-15)20-10-16-9-18(19(23)24)22-13-21-16/h3-7,9,13-14,17,20H,8,10-12H2,1-2H3,(H,23,24)/t17-/m0/s1. The Morgan fingerprint density at radius 2 is 2.00 bits per heavy atom. The van der Waals surface area contributed by atoms with Crippen LogP contribution in [0.2, 0.25) is 0 Å². The zero-order valence-electron chi connectivity index (χ0n) is 14.7. The molecule has 6 heteroatoms. The van der Waals surface area contributed by atoms with Crippen molar-refractivity contribution in [1.82, 2.24) is 15.3 Å². The van der Waals surface area contributed by atoms with Crippen molar-refractivity contribution in [2.75, 3.05) is 6.61 Å². The number of hydrogen-bond acceptors (Lipinski definition) is 5. The van der Waals surface area contributed by atoms with Gasteiger partial charge < -0.3 is 15.2 Å². The third-order valence-electron chi connectivity index (χ3n) is 3.70. The van der Waals surface area contributed by atoms with Gasteiger partial charge in [-0.25, -0.2) is 14.8 Å². The molecule has 1 heterocycles. The molecule has 25 heavy (non-hydrogen) atoms. The summed E-state index contributed by atoms with van der Waals surface area (Å²) in [5, 5.41) is 12.4. The van der Waals surface area contributed by atoms with E-state index in [2.05, 4.69) is 29.1 Å². The molecule has 0 aliphatic carbocycles. The summed E-state index contributed by atoms with van der Waals surface area (Å²) < 4.78 is 5.84. The van der Waals surface area contributed by atoms with Gasteiger partial charge in [0.25, 0.3) is 0 Å². The number of aromatic carboxylic acids is 1. The first-order valence-corrected chi connectivity index (χ1v) is 8.44. The van der Waals surface area contributed by atoms with Gasteiger partial charge in [0.05, 0.1) is 18.9 Å². The van der Waals surface area contributed by atoms with Crippen LogP contribution in [0.3, 0.4) is 0 Å². The van der Waals surface area contributed by atoms with E-state index >= 15 is 0 Å². The minimum absolute atomic E-state index is 0.00698. The van der Waals surface area contributed by atoms with E-state index < -0.39 is 5.97 Å². The first-order chi connectivity index (χ1) is 12.0. The third kappa shape index (κ3) is 6.99. The molecule has 1 atom stereocenters. The molecular formula is C19H25N3O3. The van der Waals surface area contributed by atoms with Gasteiger partial charge in [-0.3, -0.25) is 0 Å². The first kappa shape index (κ1) is 19.0. The third-order valence-corrected chi connectivity index (χ3v) is 3.70. The molecule has 0 saturated heterocycles. The van der Waals surface area contributed by atoms with Crippen LogP contribution in [0, 0.1) is 5.92 Å². The van der Waals surface area contributed by atoms with Gasteiger partial charge in [-0.2, -0.15) is 0 Å². The lowest BCUT2D eigenvalue weighted by Crippen LogP contribution is -2.34. The molecule has 0 aliphatic heterocycles. The lowest BCUT2D eigenvalue weighted by Gasteiger charge is -2.20. The quantitative estimate of drug-likeness (QED) is 0.690. The molecule has 1 aromatic carbocycles. The Labute approximate surface area is 148 Å². The molecule has 0 bridgehead atoms. The molecule has 0 fully saturated rings. The smallest absolute Gasteiger partial charge is 0.354 e. The minimum Gasteiger partial charge on any atom is -0.477 e. The SMILES string of the molecule is CC(C)C[C@@H](COCc1ccccc1)NCc1cc(C(=O)O)ncn1. The van der Waals surface area contributed by atoms with E-state index in [0.717, 1.165) is 12.0 Å². The molecule has 0 unspecified atom stereocenters. The zero-order chi connectivity index (χ0) is 18.1. The van der Waals surface area contributed by atoms with E-state index in [1.54, 1.807) is 0 Å². The molecular weight excluding hydrogens is 318 g/mol. The van der Waals surface area contributed by atoms with Crippen molar-refractivity contribution in [2.45, 2.75) is 39.5 Å². The highest BCUT2D eigenvalue weighted by atomic mass is 16.5. The second-order valence-corrected chi connectivity index (χ2v) is 6.41. The molecule has 1 aromatic heterocycles. The monoisotopic (exact) mass is 343 g/mol. The van der Waals surface area contributed by atoms with Crippen LogP contribution in [0.15, 0.2) is 42.7 Å². The molecule has 0 aliphatic rings. The van der Waals surface area contributed by atoms with Gasteiger partial charge in [0.1, 0.15) is 6.33 Å². The Hall–Kier alpha value is -2.31. The average Bonchev–Trinajstić information content (AvgIpc) is 2.60. The fourth-order valence-corrected chi connectivity index (χ4v) is 2.53. The van der Waals surface area contributed by atoms with Crippen molar-refractivity contribution in [3.8, 4) is 0 Å². The van der Waals surface area contributed by atoms with Crippen LogP contribution >= 0.6 is 0 Å². The summed E-state index contributed by atoms with van der Waals surface area (Å²) in [4.78, 5) is 18.8. The van der Waals surface area contributed by atoms with Crippen molar-refractivity contribution in [3.05, 3.63) is 59.7 Å². The van der Waals surface area contributed by atoms with Crippen LogP contribution in [-0.2, 0) is 17.9 Å². The Morgan fingerprint density at radius 3 is 2.68 bits per heavy atom. The average molecular weight is 343 g/mol. The number of carbonyl (C=O) groups is 1. The van der Waals surface area contributed by atoms with E-state index in [0.29, 0.717) is 31.4 Å². The van der Waals surface area contributed by atoms with E-state index in [-0.39, 0.29) is 11.7 Å². The second-order valence-electron chi connectivity index (χ2n) is 6.41. The van der Waals surface area contributed by atoms with Crippen LogP contribution < -0.4 is 5.32 Å². The number of nitrogens with one attached hydrogen (secondary N) is 1. The number of ether oxygens (including phenoxy) is 1. The number of rotatable bonds is 10. The number of nitrogens with zero attached hydrogens (tertiary/aromatic N) is 2. The predicted octanol–water partition coefficient (Wildman–Crippen LogP) is 2.90. The van der Waals surface area contributed by atoms with Crippen LogP contribution in [0.4, 0.5) is 0 Å². The maximum Gasteiger partial charge on any atom is 0.354 e. The first-order valence-electron chi connectivity index (χ1n) is 8.44. The highest BCUT2D eigenvalue weighted by molar-refractivity contribution is 5.85. The fraction of sp³-hybridized carbons (Fsp3) is 0.421.